The van der Waals surface area contributed by atoms with E-state index >= 15 is 0 Å². The summed E-state index contributed by atoms with van der Waals surface area (Å²) in [7, 11) is 0. The van der Waals surface area contributed by atoms with Crippen molar-refractivity contribution in [3.63, 3.8) is 0 Å². The molecule has 25 heavy (non-hydrogen) atoms. The molecule has 5 heteroatoms. The maximum atomic E-state index is 11.9. The fraction of sp³-hybridized carbons (Fsp3) is 0.400. The minimum Gasteiger partial charge on any atom is -0.477 e. The minimum atomic E-state index is -0.958. The standard InChI is InChI=1S/C20H25NO4/c1-4-5-11-17-14(2)19(20(23)24)21(18(17)13-25-15(3)22)12-16-9-7-6-8-10-16/h6-10H,4-5,11-13H2,1-3H3,(H,23,24). The SMILES string of the molecule is CCCCc1c(C)c(C(=O)O)n(Cc2ccccc2)c1COC(C)=O. The molecule has 1 aromatic carbocycles. The molecule has 0 atom stereocenters. The van der Waals surface area contributed by atoms with Crippen LogP contribution in [0.4, 0.5) is 0 Å². The number of benzene rings is 1. The van der Waals surface area contributed by atoms with Crippen LogP contribution >= 0.6 is 0 Å². The first-order chi connectivity index (χ1) is 12.0. The van der Waals surface area contributed by atoms with E-state index in [2.05, 4.69) is 6.92 Å². The van der Waals surface area contributed by atoms with E-state index in [0.717, 1.165) is 41.6 Å². The number of carboxylic acid groups (broad SMARTS) is 1. The number of hydrogen-bond donors (Lipinski definition) is 1. The van der Waals surface area contributed by atoms with Crippen LogP contribution in [0, 0.1) is 6.92 Å². The van der Waals surface area contributed by atoms with Crippen LogP contribution in [0.2, 0.25) is 0 Å². The van der Waals surface area contributed by atoms with Gasteiger partial charge in [0, 0.05) is 13.5 Å². The average Bonchev–Trinajstić information content (AvgIpc) is 2.83. The first-order valence-corrected chi connectivity index (χ1v) is 8.57. The van der Waals surface area contributed by atoms with Crippen molar-refractivity contribution in [2.45, 2.75) is 53.2 Å². The molecular weight excluding hydrogens is 318 g/mol. The zero-order chi connectivity index (χ0) is 18.4. The number of unbranched alkanes of at least 4 members (excludes halogenated alkanes) is 1. The number of ether oxygens (including phenoxy) is 1. The molecule has 2 aromatic rings. The van der Waals surface area contributed by atoms with Crippen molar-refractivity contribution >= 4 is 11.9 Å². The maximum Gasteiger partial charge on any atom is 0.352 e. The molecule has 2 rings (SSSR count). The molecule has 0 fully saturated rings. The monoisotopic (exact) mass is 343 g/mol. The molecule has 1 aromatic heterocycles. The van der Waals surface area contributed by atoms with Gasteiger partial charge in [-0.05, 0) is 36.5 Å². The predicted octanol–water partition coefficient (Wildman–Crippen LogP) is 3.95. The Kier molecular flexibility index (Phi) is 6.39. The van der Waals surface area contributed by atoms with Crippen molar-refractivity contribution in [3.8, 4) is 0 Å². The van der Waals surface area contributed by atoms with Gasteiger partial charge in [-0.15, -0.1) is 0 Å². The number of carboxylic acids is 1. The first-order valence-electron chi connectivity index (χ1n) is 8.57. The topological polar surface area (TPSA) is 68.5 Å². The summed E-state index contributed by atoms with van der Waals surface area (Å²) < 4.78 is 7.00. The van der Waals surface area contributed by atoms with Gasteiger partial charge in [0.2, 0.25) is 0 Å². The molecule has 0 radical (unpaired) electrons. The van der Waals surface area contributed by atoms with Gasteiger partial charge in [0.05, 0.1) is 5.69 Å². The Morgan fingerprint density at radius 3 is 2.44 bits per heavy atom. The van der Waals surface area contributed by atoms with Crippen molar-refractivity contribution in [1.82, 2.24) is 4.57 Å². The summed E-state index contributed by atoms with van der Waals surface area (Å²) in [6.07, 6.45) is 2.75. The number of rotatable bonds is 8. The molecule has 0 unspecified atom stereocenters. The summed E-state index contributed by atoms with van der Waals surface area (Å²) in [5.41, 5.74) is 3.81. The highest BCUT2D eigenvalue weighted by Gasteiger charge is 2.24. The Bertz CT molecular complexity index is 747. The fourth-order valence-corrected chi connectivity index (χ4v) is 3.10. The second-order valence-electron chi connectivity index (χ2n) is 6.16. The summed E-state index contributed by atoms with van der Waals surface area (Å²) in [5, 5.41) is 9.74. The van der Waals surface area contributed by atoms with Gasteiger partial charge in [0.1, 0.15) is 12.3 Å². The number of aromatic nitrogens is 1. The van der Waals surface area contributed by atoms with Crippen molar-refractivity contribution in [2.24, 2.45) is 0 Å². The Morgan fingerprint density at radius 1 is 1.20 bits per heavy atom. The van der Waals surface area contributed by atoms with E-state index < -0.39 is 5.97 Å². The van der Waals surface area contributed by atoms with Crippen molar-refractivity contribution in [2.75, 3.05) is 0 Å². The van der Waals surface area contributed by atoms with E-state index in [9.17, 15) is 14.7 Å². The molecule has 0 saturated carbocycles. The number of nitrogens with zero attached hydrogens (tertiary/aromatic N) is 1. The molecule has 5 nitrogen and oxygen atoms in total. The summed E-state index contributed by atoms with van der Waals surface area (Å²) in [6, 6.07) is 9.70. The third kappa shape index (κ3) is 4.50. The second-order valence-corrected chi connectivity index (χ2v) is 6.16. The van der Waals surface area contributed by atoms with Crippen LogP contribution in [0.1, 0.15) is 59.6 Å². The van der Waals surface area contributed by atoms with Crippen molar-refractivity contribution in [1.29, 1.82) is 0 Å². The molecule has 1 heterocycles. The lowest BCUT2D eigenvalue weighted by atomic mass is 10.0. The van der Waals surface area contributed by atoms with E-state index in [1.54, 1.807) is 4.57 Å². The maximum absolute atomic E-state index is 11.9. The third-order valence-electron chi connectivity index (χ3n) is 4.33. The lowest BCUT2D eigenvalue weighted by Gasteiger charge is -2.13. The normalized spacial score (nSPS) is 10.7. The smallest absolute Gasteiger partial charge is 0.352 e. The van der Waals surface area contributed by atoms with Gasteiger partial charge in [-0.3, -0.25) is 4.79 Å². The lowest BCUT2D eigenvalue weighted by molar-refractivity contribution is -0.142. The van der Waals surface area contributed by atoms with E-state index in [-0.39, 0.29) is 18.3 Å². The zero-order valence-electron chi connectivity index (χ0n) is 15.0. The highest BCUT2D eigenvalue weighted by atomic mass is 16.5. The molecule has 0 amide bonds. The summed E-state index contributed by atoms with van der Waals surface area (Å²) in [6.45, 7) is 5.83. The zero-order valence-corrected chi connectivity index (χ0v) is 15.0. The van der Waals surface area contributed by atoms with Gasteiger partial charge < -0.3 is 14.4 Å². The molecule has 0 aliphatic carbocycles. The van der Waals surface area contributed by atoms with Crippen LogP contribution in [-0.4, -0.2) is 21.6 Å². The fourth-order valence-electron chi connectivity index (χ4n) is 3.10. The number of hydrogen-bond acceptors (Lipinski definition) is 3. The Labute approximate surface area is 148 Å². The number of esters is 1. The van der Waals surface area contributed by atoms with Crippen molar-refractivity contribution < 1.29 is 19.4 Å². The minimum absolute atomic E-state index is 0.0926. The highest BCUT2D eigenvalue weighted by molar-refractivity contribution is 5.88. The van der Waals surface area contributed by atoms with Gasteiger partial charge in [0.25, 0.3) is 0 Å². The first kappa shape index (κ1) is 18.8. The van der Waals surface area contributed by atoms with E-state index in [0.29, 0.717) is 6.54 Å². The van der Waals surface area contributed by atoms with E-state index in [1.165, 1.54) is 6.92 Å². The Hall–Kier alpha value is -2.56. The second kappa shape index (κ2) is 8.51. The molecule has 0 saturated heterocycles. The summed E-state index contributed by atoms with van der Waals surface area (Å²) >= 11 is 0. The highest BCUT2D eigenvalue weighted by Crippen LogP contribution is 2.27. The molecule has 0 bridgehead atoms. The van der Waals surface area contributed by atoms with Gasteiger partial charge in [-0.25, -0.2) is 4.79 Å². The summed E-state index contributed by atoms with van der Waals surface area (Å²) in [4.78, 5) is 23.2. The molecule has 0 aliphatic rings. The van der Waals surface area contributed by atoms with Crippen molar-refractivity contribution in [3.05, 3.63) is 58.4 Å². The molecule has 1 N–H and O–H groups in total. The molecule has 0 spiro atoms. The van der Waals surface area contributed by atoms with Gasteiger partial charge in [-0.2, -0.15) is 0 Å². The van der Waals surface area contributed by atoms with Crippen LogP contribution in [0.3, 0.4) is 0 Å². The van der Waals surface area contributed by atoms with Gasteiger partial charge in [-0.1, -0.05) is 43.7 Å². The van der Waals surface area contributed by atoms with Gasteiger partial charge in [0.15, 0.2) is 0 Å². The van der Waals surface area contributed by atoms with Crippen LogP contribution in [0.25, 0.3) is 0 Å². The number of carbonyl (C=O) groups is 2. The number of carbonyl (C=O) groups excluding carboxylic acids is 1. The lowest BCUT2D eigenvalue weighted by Crippen LogP contribution is -2.14. The largest absolute Gasteiger partial charge is 0.477 e. The van der Waals surface area contributed by atoms with Crippen LogP contribution in [0.5, 0.6) is 0 Å². The Balaban J connectivity index is 2.54. The third-order valence-corrected chi connectivity index (χ3v) is 4.33. The van der Waals surface area contributed by atoms with Crippen LogP contribution in [-0.2, 0) is 29.1 Å². The Morgan fingerprint density at radius 2 is 1.88 bits per heavy atom. The molecule has 134 valence electrons. The molecule has 0 aliphatic heterocycles. The molecular formula is C20H25NO4. The average molecular weight is 343 g/mol. The van der Waals surface area contributed by atoms with E-state index in [1.807, 2.05) is 37.3 Å². The van der Waals surface area contributed by atoms with Crippen LogP contribution in [0.15, 0.2) is 30.3 Å². The van der Waals surface area contributed by atoms with E-state index in [4.69, 9.17) is 4.74 Å². The van der Waals surface area contributed by atoms with Gasteiger partial charge >= 0.3 is 11.9 Å². The summed E-state index contributed by atoms with van der Waals surface area (Å²) in [5.74, 6) is -1.33. The van der Waals surface area contributed by atoms with Crippen LogP contribution < -0.4 is 0 Å². The number of aromatic carboxylic acids is 1. The predicted molar refractivity (Wildman–Crippen MR) is 95.8 cm³/mol. The quantitative estimate of drug-likeness (QED) is 0.737.